The fourth-order valence-corrected chi connectivity index (χ4v) is 5.88. The molecule has 1 amide bonds. The lowest BCUT2D eigenvalue weighted by Gasteiger charge is -2.37. The van der Waals surface area contributed by atoms with Crippen molar-refractivity contribution in [3.63, 3.8) is 0 Å². The van der Waals surface area contributed by atoms with Gasteiger partial charge in [-0.3, -0.25) is 9.59 Å². The first kappa shape index (κ1) is 28.3. The van der Waals surface area contributed by atoms with Crippen LogP contribution in [0.4, 0.5) is 4.39 Å². The number of hydrogen-bond acceptors (Lipinski definition) is 9. The van der Waals surface area contributed by atoms with Crippen LogP contribution in [0.2, 0.25) is 5.02 Å². The van der Waals surface area contributed by atoms with Crippen LogP contribution >= 0.6 is 23.5 Å². The number of carbonyl (C=O) groups is 2. The molecule has 9 nitrogen and oxygen atoms in total. The number of ether oxygens (including phenoxy) is 2. The lowest BCUT2D eigenvalue weighted by molar-refractivity contribution is -0.121. The molecule has 2 aromatic rings. The van der Waals surface area contributed by atoms with E-state index in [0.717, 1.165) is 29.5 Å². The van der Waals surface area contributed by atoms with Crippen LogP contribution in [0, 0.1) is 25.1 Å². The standard InChI is InChI=1S/C26H31ClFN5O4S/c1-15-5-7-19(28)21(16(15)2)17(3)22(24(31-29-4)37-14-34)32-38-20-8-6-18(27)23(30-20)25(35)33-10-9-26(11-33)12-36-13-26/h5-8,14,17,22,29,32H,9-13H2,1-4H3/b31-24-. The van der Waals surface area contributed by atoms with E-state index in [4.69, 9.17) is 21.1 Å². The van der Waals surface area contributed by atoms with E-state index in [-0.39, 0.29) is 40.2 Å². The number of aromatic nitrogens is 1. The van der Waals surface area contributed by atoms with Crippen molar-refractivity contribution >= 4 is 41.8 Å². The molecule has 2 aliphatic heterocycles. The zero-order valence-corrected chi connectivity index (χ0v) is 23.3. The van der Waals surface area contributed by atoms with Gasteiger partial charge in [0.2, 0.25) is 5.90 Å². The fourth-order valence-electron chi connectivity index (χ4n) is 4.86. The molecule has 204 valence electrons. The van der Waals surface area contributed by atoms with Crippen molar-refractivity contribution < 1.29 is 23.5 Å². The molecular formula is C26H31ClFN5O4S. The van der Waals surface area contributed by atoms with Crippen LogP contribution < -0.4 is 10.1 Å². The molecule has 0 saturated carbocycles. The third kappa shape index (κ3) is 5.80. The van der Waals surface area contributed by atoms with Gasteiger partial charge in [-0.1, -0.05) is 24.6 Å². The van der Waals surface area contributed by atoms with Gasteiger partial charge in [-0.25, -0.2) is 14.1 Å². The summed E-state index contributed by atoms with van der Waals surface area (Å²) in [5.74, 6) is -1.07. The van der Waals surface area contributed by atoms with Crippen molar-refractivity contribution in [2.75, 3.05) is 33.4 Å². The van der Waals surface area contributed by atoms with Crippen molar-refractivity contribution in [3.05, 3.63) is 57.5 Å². The summed E-state index contributed by atoms with van der Waals surface area (Å²) in [6.07, 6.45) is 0.894. The quantitative estimate of drug-likeness (QED) is 0.156. The molecular weight excluding hydrogens is 533 g/mol. The Labute approximate surface area is 230 Å². The molecule has 2 N–H and O–H groups in total. The molecule has 1 aromatic carbocycles. The lowest BCUT2D eigenvalue weighted by atomic mass is 9.85. The van der Waals surface area contributed by atoms with Crippen LogP contribution in [0.25, 0.3) is 0 Å². The maximum absolute atomic E-state index is 15.0. The van der Waals surface area contributed by atoms with Crippen LogP contribution in [0.5, 0.6) is 0 Å². The predicted molar refractivity (Wildman–Crippen MR) is 144 cm³/mol. The first-order chi connectivity index (χ1) is 18.2. The molecule has 2 unspecified atom stereocenters. The highest BCUT2D eigenvalue weighted by atomic mass is 35.5. The molecule has 2 aliphatic rings. The fraction of sp³-hybridized carbons (Fsp3) is 0.462. The maximum atomic E-state index is 15.0. The summed E-state index contributed by atoms with van der Waals surface area (Å²) >= 11 is 7.48. The number of pyridine rings is 1. The number of amides is 1. The summed E-state index contributed by atoms with van der Waals surface area (Å²) in [6, 6.07) is 5.71. The topological polar surface area (TPSA) is 105 Å². The summed E-state index contributed by atoms with van der Waals surface area (Å²) in [5, 5.41) is 4.82. The normalized spacial score (nSPS) is 18.2. The number of likely N-dealkylation sites (tertiary alicyclic amines) is 1. The SMILES string of the molecule is CN/N=C(\OC=O)C(NSc1ccc(Cl)c(C(=O)N2CCC3(COC3)C2)n1)C(C)c1c(F)ccc(C)c1C. The van der Waals surface area contributed by atoms with Crippen molar-refractivity contribution in [1.82, 2.24) is 20.0 Å². The number of rotatable bonds is 9. The average Bonchev–Trinajstić information content (AvgIpc) is 3.34. The molecule has 3 heterocycles. The van der Waals surface area contributed by atoms with Gasteiger partial charge >= 0.3 is 0 Å². The Balaban J connectivity index is 1.58. The second kappa shape index (κ2) is 12.0. The molecule has 0 aliphatic carbocycles. The van der Waals surface area contributed by atoms with E-state index < -0.39 is 12.0 Å². The molecule has 4 rings (SSSR count). The number of benzene rings is 1. The van der Waals surface area contributed by atoms with Gasteiger partial charge in [0.05, 0.1) is 18.2 Å². The first-order valence-electron chi connectivity index (χ1n) is 12.3. The Morgan fingerprint density at radius 2 is 2.11 bits per heavy atom. The Bertz CT molecular complexity index is 1240. The Morgan fingerprint density at radius 3 is 2.74 bits per heavy atom. The molecule has 12 heteroatoms. The number of nitrogens with one attached hydrogen (secondary N) is 2. The van der Waals surface area contributed by atoms with Crippen LogP contribution in [-0.2, 0) is 14.3 Å². The molecule has 2 saturated heterocycles. The Kier molecular flexibility index (Phi) is 8.92. The number of halogens is 2. The highest BCUT2D eigenvalue weighted by molar-refractivity contribution is 7.97. The molecule has 38 heavy (non-hydrogen) atoms. The highest BCUT2D eigenvalue weighted by Crippen LogP contribution is 2.38. The number of carbonyl (C=O) groups excluding carboxylic acids is 2. The lowest BCUT2D eigenvalue weighted by Crippen LogP contribution is -2.45. The Morgan fingerprint density at radius 1 is 1.34 bits per heavy atom. The summed E-state index contributed by atoms with van der Waals surface area (Å²) in [6.45, 7) is 8.42. The van der Waals surface area contributed by atoms with Gasteiger partial charge in [-0.2, -0.15) is 0 Å². The van der Waals surface area contributed by atoms with Crippen LogP contribution in [-0.4, -0.2) is 67.6 Å². The van der Waals surface area contributed by atoms with Crippen molar-refractivity contribution in [3.8, 4) is 0 Å². The second-order valence-electron chi connectivity index (χ2n) is 9.73. The Hall–Kier alpha value is -2.73. The van der Waals surface area contributed by atoms with Crippen molar-refractivity contribution in [2.45, 2.75) is 44.2 Å². The third-order valence-electron chi connectivity index (χ3n) is 7.20. The van der Waals surface area contributed by atoms with Crippen molar-refractivity contribution in [2.24, 2.45) is 10.5 Å². The maximum Gasteiger partial charge on any atom is 0.299 e. The van der Waals surface area contributed by atoms with Gasteiger partial charge in [0.1, 0.15) is 22.6 Å². The van der Waals surface area contributed by atoms with E-state index in [9.17, 15) is 14.0 Å². The minimum absolute atomic E-state index is 0.0261. The number of hydrazone groups is 1. The van der Waals surface area contributed by atoms with Gasteiger partial charge in [0.15, 0.2) is 0 Å². The zero-order chi connectivity index (χ0) is 27.4. The molecule has 0 bridgehead atoms. The molecule has 0 radical (unpaired) electrons. The second-order valence-corrected chi connectivity index (χ2v) is 11.0. The monoisotopic (exact) mass is 563 g/mol. The largest absolute Gasteiger partial charge is 0.410 e. The summed E-state index contributed by atoms with van der Waals surface area (Å²) in [4.78, 5) is 30.8. The van der Waals surface area contributed by atoms with E-state index in [1.165, 1.54) is 6.07 Å². The van der Waals surface area contributed by atoms with E-state index >= 15 is 0 Å². The summed E-state index contributed by atoms with van der Waals surface area (Å²) < 4.78 is 28.7. The molecule has 2 fully saturated rings. The predicted octanol–water partition coefficient (Wildman–Crippen LogP) is 3.83. The molecule has 1 spiro atoms. The smallest absolute Gasteiger partial charge is 0.299 e. The van der Waals surface area contributed by atoms with E-state index in [2.05, 4.69) is 20.2 Å². The number of nitrogens with zero attached hydrogens (tertiary/aromatic N) is 3. The van der Waals surface area contributed by atoms with E-state index in [1.54, 1.807) is 30.1 Å². The minimum Gasteiger partial charge on any atom is -0.410 e. The van der Waals surface area contributed by atoms with Gasteiger partial charge in [-0.15, -0.1) is 5.10 Å². The summed E-state index contributed by atoms with van der Waals surface area (Å²) in [5.41, 5.74) is 5.04. The van der Waals surface area contributed by atoms with E-state index in [1.807, 2.05) is 20.8 Å². The average molecular weight is 564 g/mol. The molecule has 1 aromatic heterocycles. The van der Waals surface area contributed by atoms with E-state index in [0.29, 0.717) is 36.9 Å². The number of aryl methyl sites for hydroxylation is 1. The molecule has 2 atom stereocenters. The van der Waals surface area contributed by atoms with Gasteiger partial charge in [0.25, 0.3) is 12.4 Å². The van der Waals surface area contributed by atoms with Gasteiger partial charge in [0, 0.05) is 31.5 Å². The van der Waals surface area contributed by atoms with Gasteiger partial charge in [-0.05, 0) is 67.1 Å². The van der Waals surface area contributed by atoms with Crippen LogP contribution in [0.3, 0.4) is 0 Å². The number of hydrogen-bond donors (Lipinski definition) is 2. The van der Waals surface area contributed by atoms with Crippen LogP contribution in [0.15, 0.2) is 34.4 Å². The minimum atomic E-state index is -0.735. The zero-order valence-electron chi connectivity index (χ0n) is 21.7. The summed E-state index contributed by atoms with van der Waals surface area (Å²) in [7, 11) is 1.57. The highest BCUT2D eigenvalue weighted by Gasteiger charge is 2.46. The van der Waals surface area contributed by atoms with Crippen LogP contribution in [0.1, 0.15) is 46.4 Å². The third-order valence-corrected chi connectivity index (χ3v) is 8.31. The van der Waals surface area contributed by atoms with Crippen molar-refractivity contribution in [1.29, 1.82) is 0 Å². The first-order valence-corrected chi connectivity index (χ1v) is 13.5. The van der Waals surface area contributed by atoms with Gasteiger partial charge < -0.3 is 19.8 Å².